The first-order valence-corrected chi connectivity index (χ1v) is 5.53. The van der Waals surface area contributed by atoms with E-state index in [0.29, 0.717) is 11.4 Å². The van der Waals surface area contributed by atoms with Crippen molar-refractivity contribution in [2.45, 2.75) is 46.3 Å². The average Bonchev–Trinajstić information content (AvgIpc) is 2.07. The predicted molar refractivity (Wildman–Crippen MR) is 67.0 cm³/mol. The fourth-order valence-electron chi connectivity index (χ4n) is 1.29. The SMILES string of the molecule is CC(C)Oc1cc(OC(C)(C)C)ccc1N. The summed E-state index contributed by atoms with van der Waals surface area (Å²) in [6, 6.07) is 5.49. The van der Waals surface area contributed by atoms with Crippen molar-refractivity contribution in [2.24, 2.45) is 0 Å². The number of anilines is 1. The molecule has 0 heterocycles. The molecule has 0 unspecified atom stereocenters. The topological polar surface area (TPSA) is 44.5 Å². The number of hydrogen-bond donors (Lipinski definition) is 1. The Labute approximate surface area is 97.6 Å². The van der Waals surface area contributed by atoms with Crippen LogP contribution < -0.4 is 15.2 Å². The van der Waals surface area contributed by atoms with Crippen molar-refractivity contribution >= 4 is 5.69 Å². The number of nitrogen functional groups attached to an aromatic ring is 1. The summed E-state index contributed by atoms with van der Waals surface area (Å²) in [6.07, 6.45) is 0.104. The standard InChI is InChI=1S/C13H21NO2/c1-9(2)15-12-8-10(6-7-11(12)14)16-13(3,4)5/h6-9H,14H2,1-5H3. The monoisotopic (exact) mass is 223 g/mol. The van der Waals surface area contributed by atoms with E-state index in [0.717, 1.165) is 5.75 Å². The molecule has 3 nitrogen and oxygen atoms in total. The third-order valence-corrected chi connectivity index (χ3v) is 1.77. The Morgan fingerprint density at radius 3 is 2.31 bits per heavy atom. The minimum absolute atomic E-state index is 0.104. The van der Waals surface area contributed by atoms with Crippen molar-refractivity contribution in [1.82, 2.24) is 0 Å². The lowest BCUT2D eigenvalue weighted by Crippen LogP contribution is -2.23. The second-order valence-corrected chi connectivity index (χ2v) is 5.08. The molecule has 0 saturated heterocycles. The van der Waals surface area contributed by atoms with Crippen LogP contribution in [0.1, 0.15) is 34.6 Å². The first kappa shape index (κ1) is 12.7. The molecule has 0 amide bonds. The molecular weight excluding hydrogens is 202 g/mol. The lowest BCUT2D eigenvalue weighted by Gasteiger charge is -2.22. The normalized spacial score (nSPS) is 11.6. The molecule has 1 rings (SSSR count). The van der Waals surface area contributed by atoms with Crippen LogP contribution in [0, 0.1) is 0 Å². The second-order valence-electron chi connectivity index (χ2n) is 5.08. The number of ether oxygens (including phenoxy) is 2. The maximum Gasteiger partial charge on any atom is 0.146 e. The molecule has 0 spiro atoms. The molecule has 0 aromatic heterocycles. The summed E-state index contributed by atoms with van der Waals surface area (Å²) in [4.78, 5) is 0. The zero-order valence-electron chi connectivity index (χ0n) is 10.7. The maximum absolute atomic E-state index is 5.82. The van der Waals surface area contributed by atoms with E-state index < -0.39 is 0 Å². The molecule has 0 aliphatic carbocycles. The molecule has 16 heavy (non-hydrogen) atoms. The highest BCUT2D eigenvalue weighted by molar-refractivity contribution is 5.55. The van der Waals surface area contributed by atoms with Crippen LogP contribution in [-0.2, 0) is 0 Å². The molecule has 2 N–H and O–H groups in total. The van der Waals surface area contributed by atoms with Gasteiger partial charge in [0.1, 0.15) is 17.1 Å². The lowest BCUT2D eigenvalue weighted by atomic mass is 10.2. The molecule has 0 aliphatic rings. The van der Waals surface area contributed by atoms with Crippen LogP contribution >= 0.6 is 0 Å². The van der Waals surface area contributed by atoms with Crippen LogP contribution in [-0.4, -0.2) is 11.7 Å². The number of rotatable bonds is 3. The minimum atomic E-state index is -0.217. The van der Waals surface area contributed by atoms with E-state index in [1.807, 2.05) is 46.8 Å². The summed E-state index contributed by atoms with van der Waals surface area (Å²) in [5.41, 5.74) is 6.24. The van der Waals surface area contributed by atoms with Gasteiger partial charge in [-0.1, -0.05) is 0 Å². The Bertz CT molecular complexity index is 353. The molecule has 0 bridgehead atoms. The van der Waals surface area contributed by atoms with E-state index in [1.165, 1.54) is 0 Å². The fraction of sp³-hybridized carbons (Fsp3) is 0.538. The largest absolute Gasteiger partial charge is 0.489 e. The lowest BCUT2D eigenvalue weighted by molar-refractivity contribution is 0.130. The smallest absolute Gasteiger partial charge is 0.146 e. The summed E-state index contributed by atoms with van der Waals surface area (Å²) in [5, 5.41) is 0. The number of benzene rings is 1. The van der Waals surface area contributed by atoms with Crippen LogP contribution in [0.2, 0.25) is 0 Å². The minimum Gasteiger partial charge on any atom is -0.489 e. The zero-order chi connectivity index (χ0) is 12.3. The van der Waals surface area contributed by atoms with E-state index >= 15 is 0 Å². The summed E-state index contributed by atoms with van der Waals surface area (Å²) >= 11 is 0. The van der Waals surface area contributed by atoms with Gasteiger partial charge in [-0.05, 0) is 46.8 Å². The van der Waals surface area contributed by atoms with E-state index in [1.54, 1.807) is 6.07 Å². The fourth-order valence-corrected chi connectivity index (χ4v) is 1.29. The van der Waals surface area contributed by atoms with Crippen molar-refractivity contribution in [3.8, 4) is 11.5 Å². The van der Waals surface area contributed by atoms with Gasteiger partial charge in [0.25, 0.3) is 0 Å². The molecule has 0 saturated carbocycles. The van der Waals surface area contributed by atoms with Gasteiger partial charge in [0.2, 0.25) is 0 Å². The Kier molecular flexibility index (Phi) is 3.68. The van der Waals surface area contributed by atoms with Gasteiger partial charge in [0, 0.05) is 6.07 Å². The van der Waals surface area contributed by atoms with Crippen LogP contribution in [0.5, 0.6) is 11.5 Å². The van der Waals surface area contributed by atoms with Gasteiger partial charge in [-0.25, -0.2) is 0 Å². The Morgan fingerprint density at radius 1 is 1.19 bits per heavy atom. The van der Waals surface area contributed by atoms with Gasteiger partial charge in [-0.15, -0.1) is 0 Å². The predicted octanol–water partition coefficient (Wildman–Crippen LogP) is 3.23. The molecule has 0 fully saturated rings. The average molecular weight is 223 g/mol. The van der Waals surface area contributed by atoms with Gasteiger partial charge < -0.3 is 15.2 Å². The zero-order valence-corrected chi connectivity index (χ0v) is 10.7. The number of nitrogens with two attached hydrogens (primary N) is 1. The van der Waals surface area contributed by atoms with Gasteiger partial charge in [0.15, 0.2) is 0 Å². The molecular formula is C13H21NO2. The van der Waals surface area contributed by atoms with Crippen LogP contribution in [0.3, 0.4) is 0 Å². The van der Waals surface area contributed by atoms with E-state index in [2.05, 4.69) is 0 Å². The Balaban J connectivity index is 2.89. The van der Waals surface area contributed by atoms with E-state index in [-0.39, 0.29) is 11.7 Å². The Morgan fingerprint density at radius 2 is 1.81 bits per heavy atom. The molecule has 1 aromatic rings. The van der Waals surface area contributed by atoms with Gasteiger partial charge in [-0.2, -0.15) is 0 Å². The highest BCUT2D eigenvalue weighted by Crippen LogP contribution is 2.29. The number of hydrogen-bond acceptors (Lipinski definition) is 3. The first-order valence-electron chi connectivity index (χ1n) is 5.53. The van der Waals surface area contributed by atoms with Gasteiger partial charge in [0.05, 0.1) is 11.8 Å². The summed E-state index contributed by atoms with van der Waals surface area (Å²) in [6.45, 7) is 9.96. The third-order valence-electron chi connectivity index (χ3n) is 1.77. The first-order chi connectivity index (χ1) is 7.28. The second kappa shape index (κ2) is 4.64. The van der Waals surface area contributed by atoms with Gasteiger partial charge in [-0.3, -0.25) is 0 Å². The Hall–Kier alpha value is -1.38. The highest BCUT2D eigenvalue weighted by Gasteiger charge is 2.13. The van der Waals surface area contributed by atoms with E-state index in [4.69, 9.17) is 15.2 Å². The van der Waals surface area contributed by atoms with Crippen LogP contribution in [0.15, 0.2) is 18.2 Å². The van der Waals surface area contributed by atoms with Crippen LogP contribution in [0.4, 0.5) is 5.69 Å². The molecule has 90 valence electrons. The molecule has 1 aromatic carbocycles. The quantitative estimate of drug-likeness (QED) is 0.800. The van der Waals surface area contributed by atoms with E-state index in [9.17, 15) is 0 Å². The molecule has 0 aliphatic heterocycles. The summed E-state index contributed by atoms with van der Waals surface area (Å²) in [7, 11) is 0. The maximum atomic E-state index is 5.82. The van der Waals surface area contributed by atoms with Crippen molar-refractivity contribution in [2.75, 3.05) is 5.73 Å². The molecule has 0 radical (unpaired) electrons. The van der Waals surface area contributed by atoms with Crippen molar-refractivity contribution in [1.29, 1.82) is 0 Å². The van der Waals surface area contributed by atoms with Crippen molar-refractivity contribution in [3.63, 3.8) is 0 Å². The summed E-state index contributed by atoms with van der Waals surface area (Å²) in [5.74, 6) is 1.45. The third kappa shape index (κ3) is 4.01. The van der Waals surface area contributed by atoms with Crippen molar-refractivity contribution in [3.05, 3.63) is 18.2 Å². The molecule has 3 heteroatoms. The summed E-state index contributed by atoms with van der Waals surface area (Å²) < 4.78 is 11.3. The van der Waals surface area contributed by atoms with Crippen molar-refractivity contribution < 1.29 is 9.47 Å². The highest BCUT2D eigenvalue weighted by atomic mass is 16.5. The van der Waals surface area contributed by atoms with Crippen LogP contribution in [0.25, 0.3) is 0 Å². The van der Waals surface area contributed by atoms with Gasteiger partial charge >= 0.3 is 0 Å². The molecule has 0 atom stereocenters.